The Labute approximate surface area is 123 Å². The van der Waals surface area contributed by atoms with Crippen LogP contribution in [0.5, 0.6) is 0 Å². The molecule has 0 radical (unpaired) electrons. The first-order chi connectivity index (χ1) is 10.2. The third-order valence-corrected chi connectivity index (χ3v) is 2.80. The van der Waals surface area contributed by atoms with Gasteiger partial charge in [0.1, 0.15) is 0 Å². The minimum Gasteiger partial charge on any atom is -0.421 e. The maximum atomic E-state index is 11.9. The Morgan fingerprint density at radius 3 is 2.62 bits per heavy atom. The fourth-order valence-electron chi connectivity index (χ4n) is 1.76. The number of amides is 1. The van der Waals surface area contributed by atoms with Gasteiger partial charge in [0.15, 0.2) is 0 Å². The highest BCUT2D eigenvalue weighted by Crippen LogP contribution is 2.17. The smallest absolute Gasteiger partial charge is 0.251 e. The lowest BCUT2D eigenvalue weighted by Crippen LogP contribution is -2.27. The summed E-state index contributed by atoms with van der Waals surface area (Å²) in [6.07, 6.45) is 0.977. The number of benzene rings is 1. The van der Waals surface area contributed by atoms with Crippen molar-refractivity contribution in [2.24, 2.45) is 0 Å². The van der Waals surface area contributed by atoms with Gasteiger partial charge < -0.3 is 14.5 Å². The molecule has 21 heavy (non-hydrogen) atoms. The molecule has 0 saturated carbocycles. The van der Waals surface area contributed by atoms with Gasteiger partial charge >= 0.3 is 0 Å². The molecule has 1 heterocycles. The van der Waals surface area contributed by atoms with E-state index in [0.717, 1.165) is 12.0 Å². The molecule has 0 aliphatic heterocycles. The summed E-state index contributed by atoms with van der Waals surface area (Å²) in [6, 6.07) is 7.04. The fourth-order valence-corrected chi connectivity index (χ4v) is 1.76. The minimum atomic E-state index is -0.122. The van der Waals surface area contributed by atoms with Crippen LogP contribution in [-0.2, 0) is 4.74 Å². The number of hydrogen-bond donors (Lipinski definition) is 1. The fraction of sp³-hybridized carbons (Fsp3) is 0.400. The Morgan fingerprint density at radius 2 is 2.00 bits per heavy atom. The number of aromatic nitrogens is 2. The lowest BCUT2D eigenvalue weighted by atomic mass is 10.1. The maximum Gasteiger partial charge on any atom is 0.251 e. The lowest BCUT2D eigenvalue weighted by molar-refractivity contribution is 0.0915. The van der Waals surface area contributed by atoms with Crippen LogP contribution in [0.15, 0.2) is 28.7 Å². The molecule has 0 bridgehead atoms. The minimum absolute atomic E-state index is 0.122. The van der Waals surface area contributed by atoms with Crippen LogP contribution in [0.1, 0.15) is 29.6 Å². The van der Waals surface area contributed by atoms with Crippen molar-refractivity contribution in [3.8, 4) is 11.5 Å². The van der Waals surface area contributed by atoms with Gasteiger partial charge in [0.2, 0.25) is 11.8 Å². The third-order valence-electron chi connectivity index (χ3n) is 2.80. The molecule has 0 fully saturated rings. The molecule has 1 aromatic carbocycles. The Hall–Kier alpha value is -2.21. The zero-order valence-electron chi connectivity index (χ0n) is 12.3. The molecule has 1 N–H and O–H groups in total. The van der Waals surface area contributed by atoms with E-state index in [1.807, 2.05) is 6.92 Å². The number of rotatable bonds is 7. The van der Waals surface area contributed by atoms with Crippen molar-refractivity contribution in [2.45, 2.75) is 20.3 Å². The standard InChI is InChI=1S/C15H19N3O3/c1-3-9-20-10-8-16-14(19)12-4-6-13(7-5-12)15-18-17-11(2)21-15/h4-7H,3,8-10H2,1-2H3,(H,16,19). The summed E-state index contributed by atoms with van der Waals surface area (Å²) < 4.78 is 10.6. The third kappa shape index (κ3) is 4.39. The van der Waals surface area contributed by atoms with E-state index in [4.69, 9.17) is 9.15 Å². The number of aryl methyl sites for hydroxylation is 1. The van der Waals surface area contributed by atoms with Crippen LogP contribution in [0.4, 0.5) is 0 Å². The molecule has 0 unspecified atom stereocenters. The first-order valence-corrected chi connectivity index (χ1v) is 6.97. The van der Waals surface area contributed by atoms with Crippen LogP contribution < -0.4 is 5.32 Å². The number of ether oxygens (including phenoxy) is 1. The molecular formula is C15H19N3O3. The van der Waals surface area contributed by atoms with Gasteiger partial charge in [-0.15, -0.1) is 10.2 Å². The number of hydrogen-bond acceptors (Lipinski definition) is 5. The van der Waals surface area contributed by atoms with Crippen LogP contribution in [0, 0.1) is 6.92 Å². The van der Waals surface area contributed by atoms with Crippen LogP contribution in [-0.4, -0.2) is 35.9 Å². The molecule has 6 nitrogen and oxygen atoms in total. The highest BCUT2D eigenvalue weighted by molar-refractivity contribution is 5.94. The van der Waals surface area contributed by atoms with E-state index in [0.29, 0.717) is 37.1 Å². The largest absolute Gasteiger partial charge is 0.421 e. The van der Waals surface area contributed by atoms with Crippen molar-refractivity contribution in [2.75, 3.05) is 19.8 Å². The summed E-state index contributed by atoms with van der Waals surface area (Å²) in [5, 5.41) is 10.5. The molecule has 1 aromatic heterocycles. The molecular weight excluding hydrogens is 270 g/mol. The second-order valence-electron chi connectivity index (χ2n) is 4.57. The van der Waals surface area contributed by atoms with Gasteiger partial charge in [-0.2, -0.15) is 0 Å². The van der Waals surface area contributed by atoms with Crippen molar-refractivity contribution < 1.29 is 13.9 Å². The zero-order valence-corrected chi connectivity index (χ0v) is 12.3. The summed E-state index contributed by atoms with van der Waals surface area (Å²) in [5.41, 5.74) is 1.38. The van der Waals surface area contributed by atoms with Crippen molar-refractivity contribution in [3.05, 3.63) is 35.7 Å². The van der Waals surface area contributed by atoms with Crippen LogP contribution >= 0.6 is 0 Å². The first kappa shape index (κ1) is 15.2. The van der Waals surface area contributed by atoms with Gasteiger partial charge in [0, 0.05) is 31.2 Å². The average Bonchev–Trinajstić information content (AvgIpc) is 2.93. The molecule has 1 amide bonds. The Bertz CT molecular complexity index is 578. The van der Waals surface area contributed by atoms with E-state index in [1.54, 1.807) is 31.2 Å². The number of carbonyl (C=O) groups is 1. The quantitative estimate of drug-likeness (QED) is 0.791. The number of carbonyl (C=O) groups excluding carboxylic acids is 1. The summed E-state index contributed by atoms with van der Waals surface area (Å²) in [4.78, 5) is 11.9. The van der Waals surface area contributed by atoms with Gasteiger partial charge in [-0.1, -0.05) is 6.92 Å². The van der Waals surface area contributed by atoms with Gasteiger partial charge in [0.05, 0.1) is 6.61 Å². The number of nitrogens with zero attached hydrogens (tertiary/aromatic N) is 2. The lowest BCUT2D eigenvalue weighted by Gasteiger charge is -2.06. The van der Waals surface area contributed by atoms with E-state index in [-0.39, 0.29) is 5.91 Å². The normalized spacial score (nSPS) is 10.6. The molecule has 0 aliphatic rings. The molecule has 0 aliphatic carbocycles. The van der Waals surface area contributed by atoms with Crippen molar-refractivity contribution in [1.29, 1.82) is 0 Å². The van der Waals surface area contributed by atoms with E-state index < -0.39 is 0 Å². The van der Waals surface area contributed by atoms with Gasteiger partial charge in [-0.25, -0.2) is 0 Å². The summed E-state index contributed by atoms with van der Waals surface area (Å²) in [6.45, 7) is 5.53. The highest BCUT2D eigenvalue weighted by atomic mass is 16.5. The Kier molecular flexibility index (Phi) is 5.45. The van der Waals surface area contributed by atoms with Crippen LogP contribution in [0.2, 0.25) is 0 Å². The molecule has 112 valence electrons. The molecule has 6 heteroatoms. The van der Waals surface area contributed by atoms with E-state index in [9.17, 15) is 4.79 Å². The topological polar surface area (TPSA) is 77.2 Å². The van der Waals surface area contributed by atoms with Crippen LogP contribution in [0.25, 0.3) is 11.5 Å². The summed E-state index contributed by atoms with van der Waals surface area (Å²) >= 11 is 0. The number of nitrogens with one attached hydrogen (secondary N) is 1. The SMILES string of the molecule is CCCOCCNC(=O)c1ccc(-c2nnc(C)o2)cc1. The predicted molar refractivity (Wildman–Crippen MR) is 77.9 cm³/mol. The van der Waals surface area contributed by atoms with Gasteiger partial charge in [-0.05, 0) is 30.7 Å². The zero-order chi connectivity index (χ0) is 15.1. The van der Waals surface area contributed by atoms with Gasteiger partial charge in [-0.3, -0.25) is 4.79 Å². The summed E-state index contributed by atoms with van der Waals surface area (Å²) in [7, 11) is 0. The Morgan fingerprint density at radius 1 is 1.24 bits per heavy atom. The van der Waals surface area contributed by atoms with E-state index in [1.165, 1.54) is 0 Å². The second-order valence-corrected chi connectivity index (χ2v) is 4.57. The first-order valence-electron chi connectivity index (χ1n) is 6.97. The highest BCUT2D eigenvalue weighted by Gasteiger charge is 2.08. The molecule has 0 atom stereocenters. The second kappa shape index (κ2) is 7.54. The van der Waals surface area contributed by atoms with Crippen molar-refractivity contribution in [3.63, 3.8) is 0 Å². The monoisotopic (exact) mass is 289 g/mol. The molecule has 0 saturated heterocycles. The molecule has 2 rings (SSSR count). The predicted octanol–water partition coefficient (Wildman–Crippen LogP) is 2.20. The van der Waals surface area contributed by atoms with E-state index in [2.05, 4.69) is 15.5 Å². The van der Waals surface area contributed by atoms with E-state index >= 15 is 0 Å². The average molecular weight is 289 g/mol. The van der Waals surface area contributed by atoms with Crippen molar-refractivity contribution in [1.82, 2.24) is 15.5 Å². The van der Waals surface area contributed by atoms with Crippen LogP contribution in [0.3, 0.4) is 0 Å². The molecule has 0 spiro atoms. The molecule has 2 aromatic rings. The Balaban J connectivity index is 1.88. The summed E-state index contributed by atoms with van der Waals surface area (Å²) in [5.74, 6) is 0.842. The van der Waals surface area contributed by atoms with Crippen molar-refractivity contribution >= 4 is 5.91 Å². The maximum absolute atomic E-state index is 11.9. The van der Waals surface area contributed by atoms with Gasteiger partial charge in [0.25, 0.3) is 5.91 Å².